The van der Waals surface area contributed by atoms with Gasteiger partial charge in [-0.15, -0.1) is 0 Å². The Morgan fingerprint density at radius 3 is 2.29 bits per heavy atom. The van der Waals surface area contributed by atoms with Crippen molar-refractivity contribution in [3.05, 3.63) is 40.6 Å². The minimum atomic E-state index is -2.05. The lowest BCUT2D eigenvalue weighted by molar-refractivity contribution is -0.279. The fourth-order valence-corrected chi connectivity index (χ4v) is 3.54. The highest BCUT2D eigenvalue weighted by Crippen LogP contribution is 2.38. The smallest absolute Gasteiger partial charge is 0.343 e. The van der Waals surface area contributed by atoms with Gasteiger partial charge in [0.15, 0.2) is 29.7 Å². The molecule has 1 aliphatic heterocycles. The predicted octanol–water partition coefficient (Wildman–Crippen LogP) is -0.709. The first kappa shape index (κ1) is 24.3. The number of ether oxygens (including phenoxy) is 3. The van der Waals surface area contributed by atoms with Crippen LogP contribution in [-0.2, 0) is 9.53 Å². The van der Waals surface area contributed by atoms with E-state index in [2.05, 4.69) is 0 Å². The number of esters is 1. The SMILES string of the molecule is COc1cc(O)c2c(=O)c(OC(=O)C3OC(O)C(O)C(O)C3O)c(-c3ccc(O)c(O)c3)oc2c1. The number of aliphatic hydroxyl groups excluding tert-OH is 4. The van der Waals surface area contributed by atoms with E-state index in [1.165, 1.54) is 19.2 Å². The average Bonchev–Trinajstić information content (AvgIpc) is 2.82. The molecule has 1 aliphatic rings. The number of hydrogen-bond acceptors (Lipinski definition) is 13. The van der Waals surface area contributed by atoms with E-state index >= 15 is 0 Å². The molecule has 2 heterocycles. The molecule has 5 atom stereocenters. The molecule has 13 nitrogen and oxygen atoms in total. The van der Waals surface area contributed by atoms with Crippen LogP contribution < -0.4 is 14.9 Å². The molecule has 0 aliphatic carbocycles. The molecule has 1 saturated heterocycles. The minimum absolute atomic E-state index is 0.0370. The molecule has 5 unspecified atom stereocenters. The molecule has 0 saturated carbocycles. The summed E-state index contributed by atoms with van der Waals surface area (Å²) >= 11 is 0. The second-order valence-corrected chi connectivity index (χ2v) is 7.65. The summed E-state index contributed by atoms with van der Waals surface area (Å²) in [5.74, 6) is -4.22. The molecule has 2 aromatic carbocycles. The number of aromatic hydroxyl groups is 3. The van der Waals surface area contributed by atoms with Crippen LogP contribution in [0.15, 0.2) is 39.5 Å². The van der Waals surface area contributed by atoms with Gasteiger partial charge >= 0.3 is 5.97 Å². The summed E-state index contributed by atoms with van der Waals surface area (Å²) in [4.78, 5) is 26.1. The zero-order valence-corrected chi connectivity index (χ0v) is 17.9. The van der Waals surface area contributed by atoms with Gasteiger partial charge in [0.05, 0.1) is 7.11 Å². The third-order valence-corrected chi connectivity index (χ3v) is 5.40. The standard InChI is InChI=1S/C22H20O13/c1-32-8-5-11(25)13-12(6-8)33-18(7-2-3-9(23)10(24)4-7)19(14(13)26)34-22(31)20-16(28)15(27)17(29)21(30)35-20/h2-6,15-17,20-21,23-25,27-30H,1H3. The Labute approximate surface area is 195 Å². The van der Waals surface area contributed by atoms with Gasteiger partial charge in [-0.2, -0.15) is 0 Å². The monoisotopic (exact) mass is 492 g/mol. The number of phenols is 3. The molecule has 186 valence electrons. The Morgan fingerprint density at radius 1 is 0.914 bits per heavy atom. The van der Waals surface area contributed by atoms with E-state index < -0.39 is 76.2 Å². The highest BCUT2D eigenvalue weighted by molar-refractivity contribution is 5.90. The maximum atomic E-state index is 13.3. The molecule has 0 bridgehead atoms. The van der Waals surface area contributed by atoms with Gasteiger partial charge in [0.2, 0.25) is 11.2 Å². The average molecular weight is 492 g/mol. The van der Waals surface area contributed by atoms with Crippen molar-refractivity contribution in [2.45, 2.75) is 30.7 Å². The van der Waals surface area contributed by atoms with Crippen LogP contribution in [0.4, 0.5) is 0 Å². The molecule has 0 amide bonds. The lowest BCUT2D eigenvalue weighted by Crippen LogP contribution is -2.60. The Morgan fingerprint density at radius 2 is 1.63 bits per heavy atom. The van der Waals surface area contributed by atoms with E-state index in [1.807, 2.05) is 0 Å². The second kappa shape index (κ2) is 9.05. The Bertz CT molecular complexity index is 1350. The van der Waals surface area contributed by atoms with Crippen molar-refractivity contribution in [3.8, 4) is 40.1 Å². The molecule has 7 N–H and O–H groups in total. The normalized spacial score (nSPS) is 24.3. The number of rotatable bonds is 4. The number of phenolic OH excluding ortho intramolecular Hbond substituents is 3. The number of aliphatic hydroxyl groups is 4. The molecule has 35 heavy (non-hydrogen) atoms. The molecule has 1 fully saturated rings. The second-order valence-electron chi connectivity index (χ2n) is 7.65. The summed E-state index contributed by atoms with van der Waals surface area (Å²) in [7, 11) is 1.31. The molecule has 1 aromatic heterocycles. The summed E-state index contributed by atoms with van der Waals surface area (Å²) in [6.07, 6.45) is -10.0. The summed E-state index contributed by atoms with van der Waals surface area (Å²) in [5.41, 5.74) is -1.27. The highest BCUT2D eigenvalue weighted by Gasteiger charge is 2.47. The van der Waals surface area contributed by atoms with Crippen molar-refractivity contribution in [2.24, 2.45) is 0 Å². The fourth-order valence-electron chi connectivity index (χ4n) is 3.54. The molecule has 0 radical (unpaired) electrons. The first-order chi connectivity index (χ1) is 16.5. The van der Waals surface area contributed by atoms with E-state index in [-0.39, 0.29) is 16.9 Å². The van der Waals surface area contributed by atoms with E-state index in [0.717, 1.165) is 18.2 Å². The van der Waals surface area contributed by atoms with Crippen LogP contribution in [0.3, 0.4) is 0 Å². The summed E-state index contributed by atoms with van der Waals surface area (Å²) in [6.45, 7) is 0. The van der Waals surface area contributed by atoms with Crippen LogP contribution in [0.2, 0.25) is 0 Å². The molecular formula is C22H20O13. The van der Waals surface area contributed by atoms with Gasteiger partial charge in [-0.3, -0.25) is 4.79 Å². The molecule has 13 heteroatoms. The van der Waals surface area contributed by atoms with Crippen molar-refractivity contribution < 1.29 is 59.2 Å². The van der Waals surface area contributed by atoms with Gasteiger partial charge in [-0.1, -0.05) is 0 Å². The molecule has 0 spiro atoms. The van der Waals surface area contributed by atoms with E-state index in [9.17, 15) is 45.3 Å². The zero-order chi connectivity index (χ0) is 25.6. The number of methoxy groups -OCH3 is 1. The first-order valence-electron chi connectivity index (χ1n) is 10.0. The number of benzene rings is 2. The lowest BCUT2D eigenvalue weighted by atomic mass is 9.99. The summed E-state index contributed by atoms with van der Waals surface area (Å²) in [6, 6.07) is 5.69. The van der Waals surface area contributed by atoms with Gasteiger partial charge < -0.3 is 54.4 Å². The fraction of sp³-hybridized carbons (Fsp3) is 0.273. The van der Waals surface area contributed by atoms with Gasteiger partial charge in [0.1, 0.15) is 40.8 Å². The molecule has 4 rings (SSSR count). The van der Waals surface area contributed by atoms with E-state index in [4.69, 9.17) is 18.6 Å². The van der Waals surface area contributed by atoms with Gasteiger partial charge in [-0.25, -0.2) is 4.79 Å². The number of carbonyl (C=O) groups excluding carboxylic acids is 1. The van der Waals surface area contributed by atoms with Crippen LogP contribution in [-0.4, -0.2) is 79.5 Å². The van der Waals surface area contributed by atoms with Crippen LogP contribution >= 0.6 is 0 Å². The quantitative estimate of drug-likeness (QED) is 0.177. The van der Waals surface area contributed by atoms with Crippen LogP contribution in [0, 0.1) is 0 Å². The minimum Gasteiger partial charge on any atom is -0.507 e. The topological polar surface area (TPSA) is 217 Å². The number of carbonyl (C=O) groups is 1. The first-order valence-corrected chi connectivity index (χ1v) is 10.0. The zero-order valence-electron chi connectivity index (χ0n) is 17.9. The van der Waals surface area contributed by atoms with Crippen molar-refractivity contribution in [2.75, 3.05) is 7.11 Å². The number of fused-ring (bicyclic) bond motifs is 1. The van der Waals surface area contributed by atoms with Crippen molar-refractivity contribution in [3.63, 3.8) is 0 Å². The molecule has 3 aromatic rings. The lowest BCUT2D eigenvalue weighted by Gasteiger charge is -2.36. The predicted molar refractivity (Wildman–Crippen MR) is 114 cm³/mol. The Balaban J connectivity index is 1.87. The maximum Gasteiger partial charge on any atom is 0.343 e. The third-order valence-electron chi connectivity index (χ3n) is 5.40. The van der Waals surface area contributed by atoms with E-state index in [0.29, 0.717) is 0 Å². The van der Waals surface area contributed by atoms with Crippen molar-refractivity contribution in [1.29, 1.82) is 0 Å². The van der Waals surface area contributed by atoms with Crippen LogP contribution in [0.5, 0.6) is 28.7 Å². The summed E-state index contributed by atoms with van der Waals surface area (Å²) in [5, 5.41) is 68.7. The third kappa shape index (κ3) is 4.22. The largest absolute Gasteiger partial charge is 0.507 e. The number of hydrogen-bond donors (Lipinski definition) is 7. The Kier molecular flexibility index (Phi) is 6.27. The van der Waals surface area contributed by atoms with Gasteiger partial charge in [-0.05, 0) is 18.2 Å². The Hall–Kier alpha value is -3.88. The maximum absolute atomic E-state index is 13.3. The van der Waals surface area contributed by atoms with Crippen molar-refractivity contribution in [1.82, 2.24) is 0 Å². The summed E-state index contributed by atoms with van der Waals surface area (Å²) < 4.78 is 20.7. The van der Waals surface area contributed by atoms with Crippen LogP contribution in [0.25, 0.3) is 22.3 Å². The van der Waals surface area contributed by atoms with Crippen LogP contribution in [0.1, 0.15) is 0 Å². The highest BCUT2D eigenvalue weighted by atomic mass is 16.7. The van der Waals surface area contributed by atoms with Crippen molar-refractivity contribution >= 4 is 16.9 Å². The van der Waals surface area contributed by atoms with Gasteiger partial charge in [0.25, 0.3) is 0 Å². The van der Waals surface area contributed by atoms with E-state index in [1.54, 1.807) is 0 Å². The molecular weight excluding hydrogens is 472 g/mol. The van der Waals surface area contributed by atoms with Gasteiger partial charge in [0, 0.05) is 17.7 Å².